The molecule has 0 aliphatic rings. The molecule has 6 nitrogen and oxygen atoms in total. The Morgan fingerprint density at radius 1 is 1.10 bits per heavy atom. The van der Waals surface area contributed by atoms with Gasteiger partial charge in [-0.1, -0.05) is 12.1 Å². The quantitative estimate of drug-likeness (QED) is 0.458. The summed E-state index contributed by atoms with van der Waals surface area (Å²) in [5.41, 5.74) is 6.67. The average molecular weight is 381 g/mol. The van der Waals surface area contributed by atoms with Crippen molar-refractivity contribution in [1.29, 1.82) is 5.26 Å². The maximum atomic E-state index is 11.2. The molecule has 142 valence electrons. The van der Waals surface area contributed by atoms with E-state index in [0.717, 1.165) is 33.3 Å². The van der Waals surface area contributed by atoms with Gasteiger partial charge in [0.25, 0.3) is 0 Å². The molecule has 0 aliphatic carbocycles. The molecule has 29 heavy (non-hydrogen) atoms. The number of nitriles is 1. The van der Waals surface area contributed by atoms with Gasteiger partial charge >= 0.3 is 0 Å². The van der Waals surface area contributed by atoms with Crippen LogP contribution in [0.5, 0.6) is 0 Å². The fourth-order valence-electron chi connectivity index (χ4n) is 3.39. The van der Waals surface area contributed by atoms with Crippen LogP contribution in [0.1, 0.15) is 18.1 Å². The normalized spacial score (nSPS) is 10.5. The van der Waals surface area contributed by atoms with E-state index in [1.165, 1.54) is 6.92 Å². The van der Waals surface area contributed by atoms with Crippen LogP contribution >= 0.6 is 0 Å². The largest absolute Gasteiger partial charge is 0.361 e. The molecule has 1 amide bonds. The number of anilines is 3. The van der Waals surface area contributed by atoms with Crippen molar-refractivity contribution in [3.63, 3.8) is 0 Å². The van der Waals surface area contributed by atoms with Gasteiger partial charge in [-0.15, -0.1) is 0 Å². The highest BCUT2D eigenvalue weighted by Crippen LogP contribution is 2.35. The van der Waals surface area contributed by atoms with Gasteiger partial charge in [0.1, 0.15) is 6.07 Å². The van der Waals surface area contributed by atoms with Gasteiger partial charge in [0.2, 0.25) is 5.91 Å². The highest BCUT2D eigenvalue weighted by Gasteiger charge is 2.14. The molecular formula is C23H19N5O. The van der Waals surface area contributed by atoms with Crippen LogP contribution < -0.4 is 10.6 Å². The molecule has 0 spiro atoms. The number of benzene rings is 2. The van der Waals surface area contributed by atoms with E-state index < -0.39 is 0 Å². The Hall–Kier alpha value is -4.11. The Morgan fingerprint density at radius 3 is 2.62 bits per heavy atom. The van der Waals surface area contributed by atoms with Crippen molar-refractivity contribution in [2.75, 3.05) is 10.6 Å². The van der Waals surface area contributed by atoms with E-state index in [1.807, 2.05) is 55.6 Å². The predicted molar refractivity (Wildman–Crippen MR) is 115 cm³/mol. The van der Waals surface area contributed by atoms with Crippen LogP contribution in [-0.4, -0.2) is 15.9 Å². The molecule has 2 aromatic heterocycles. The number of nitrogens with one attached hydrogen (secondary N) is 3. The fourth-order valence-corrected chi connectivity index (χ4v) is 3.39. The molecule has 2 heterocycles. The standard InChI is InChI=1S/C23H19N5O/c1-14-19-9-10-26-22(19)8-7-21(14)28-23-17(11-24)12-25-13-20(23)16-3-5-18(6-4-16)27-15(2)29/h3-10,12-13,26H,1-2H3,(H,25,28)(H,27,29). The third kappa shape index (κ3) is 3.54. The average Bonchev–Trinajstić information content (AvgIpc) is 3.20. The lowest BCUT2D eigenvalue weighted by molar-refractivity contribution is -0.114. The summed E-state index contributed by atoms with van der Waals surface area (Å²) in [6.45, 7) is 3.52. The Balaban J connectivity index is 1.77. The van der Waals surface area contributed by atoms with Crippen molar-refractivity contribution >= 4 is 33.9 Å². The lowest BCUT2D eigenvalue weighted by atomic mass is 10.0. The van der Waals surface area contributed by atoms with E-state index >= 15 is 0 Å². The summed E-state index contributed by atoms with van der Waals surface area (Å²) in [5, 5.41) is 17.0. The molecule has 0 fully saturated rings. The van der Waals surface area contributed by atoms with Gasteiger partial charge in [-0.2, -0.15) is 5.26 Å². The molecule has 0 saturated heterocycles. The van der Waals surface area contributed by atoms with Gasteiger partial charge in [0, 0.05) is 53.4 Å². The minimum Gasteiger partial charge on any atom is -0.361 e. The van der Waals surface area contributed by atoms with Gasteiger partial charge < -0.3 is 15.6 Å². The summed E-state index contributed by atoms with van der Waals surface area (Å²) in [5.74, 6) is -0.121. The number of amides is 1. The third-order valence-electron chi connectivity index (χ3n) is 4.85. The zero-order valence-corrected chi connectivity index (χ0v) is 16.1. The topological polar surface area (TPSA) is 93.6 Å². The van der Waals surface area contributed by atoms with Gasteiger partial charge in [-0.3, -0.25) is 9.78 Å². The molecule has 0 saturated carbocycles. The number of nitrogens with zero attached hydrogens (tertiary/aromatic N) is 2. The van der Waals surface area contributed by atoms with Crippen LogP contribution in [-0.2, 0) is 4.79 Å². The summed E-state index contributed by atoms with van der Waals surface area (Å²) >= 11 is 0. The molecule has 4 aromatic rings. The first-order chi connectivity index (χ1) is 14.1. The monoisotopic (exact) mass is 381 g/mol. The van der Waals surface area contributed by atoms with Crippen LogP contribution in [0, 0.1) is 18.3 Å². The Labute approximate surface area is 168 Å². The first kappa shape index (κ1) is 18.3. The third-order valence-corrected chi connectivity index (χ3v) is 4.85. The fraction of sp³-hybridized carbons (Fsp3) is 0.0870. The molecule has 2 aromatic carbocycles. The van der Waals surface area contributed by atoms with E-state index in [4.69, 9.17) is 0 Å². The van der Waals surface area contributed by atoms with E-state index in [1.54, 1.807) is 12.4 Å². The number of hydrogen-bond acceptors (Lipinski definition) is 4. The minimum atomic E-state index is -0.121. The molecule has 4 rings (SSSR count). The molecule has 0 atom stereocenters. The van der Waals surface area contributed by atoms with Crippen molar-refractivity contribution < 1.29 is 4.79 Å². The molecule has 0 aliphatic heterocycles. The smallest absolute Gasteiger partial charge is 0.221 e. The number of aromatic amines is 1. The predicted octanol–water partition coefficient (Wildman–Crippen LogP) is 5.11. The van der Waals surface area contributed by atoms with Crippen LogP contribution in [0.2, 0.25) is 0 Å². The number of carbonyl (C=O) groups excluding carboxylic acids is 1. The summed E-state index contributed by atoms with van der Waals surface area (Å²) in [6, 6.07) is 15.7. The zero-order chi connectivity index (χ0) is 20.4. The van der Waals surface area contributed by atoms with Crippen molar-refractivity contribution in [3.05, 3.63) is 72.2 Å². The SMILES string of the molecule is CC(=O)Nc1ccc(-c2cncc(C#N)c2Nc2ccc3[nH]ccc3c2C)cc1. The van der Waals surface area contributed by atoms with Gasteiger partial charge in [0.15, 0.2) is 0 Å². The number of pyridine rings is 1. The summed E-state index contributed by atoms with van der Waals surface area (Å²) < 4.78 is 0. The maximum absolute atomic E-state index is 11.2. The summed E-state index contributed by atoms with van der Waals surface area (Å²) in [7, 11) is 0. The van der Waals surface area contributed by atoms with Crippen LogP contribution in [0.25, 0.3) is 22.0 Å². The second kappa shape index (κ2) is 7.49. The number of hydrogen-bond donors (Lipinski definition) is 3. The van der Waals surface area contributed by atoms with Gasteiger partial charge in [0.05, 0.1) is 11.3 Å². The van der Waals surface area contributed by atoms with Crippen molar-refractivity contribution in [1.82, 2.24) is 9.97 Å². The summed E-state index contributed by atoms with van der Waals surface area (Å²) in [4.78, 5) is 18.7. The van der Waals surface area contributed by atoms with Gasteiger partial charge in [-0.25, -0.2) is 0 Å². The molecule has 6 heteroatoms. The number of H-pyrrole nitrogens is 1. The zero-order valence-electron chi connectivity index (χ0n) is 16.1. The lowest BCUT2D eigenvalue weighted by Gasteiger charge is -2.16. The molecule has 0 bridgehead atoms. The maximum Gasteiger partial charge on any atom is 0.221 e. The van der Waals surface area contributed by atoms with E-state index in [9.17, 15) is 10.1 Å². The molecule has 3 N–H and O–H groups in total. The van der Waals surface area contributed by atoms with Crippen molar-refractivity contribution in [2.45, 2.75) is 13.8 Å². The van der Waals surface area contributed by atoms with Crippen molar-refractivity contribution in [2.24, 2.45) is 0 Å². The van der Waals surface area contributed by atoms with Crippen LogP contribution in [0.3, 0.4) is 0 Å². The second-order valence-corrected chi connectivity index (χ2v) is 6.78. The van der Waals surface area contributed by atoms with E-state index in [2.05, 4.69) is 26.7 Å². The van der Waals surface area contributed by atoms with Crippen LogP contribution in [0.4, 0.5) is 17.1 Å². The van der Waals surface area contributed by atoms with E-state index in [0.29, 0.717) is 16.9 Å². The second-order valence-electron chi connectivity index (χ2n) is 6.78. The Kier molecular flexibility index (Phi) is 4.71. The van der Waals surface area contributed by atoms with Crippen LogP contribution in [0.15, 0.2) is 61.1 Å². The minimum absolute atomic E-state index is 0.121. The highest BCUT2D eigenvalue weighted by molar-refractivity contribution is 5.92. The number of aromatic nitrogens is 2. The lowest BCUT2D eigenvalue weighted by Crippen LogP contribution is -2.05. The number of rotatable bonds is 4. The first-order valence-electron chi connectivity index (χ1n) is 9.16. The molecule has 0 radical (unpaired) electrons. The molecular weight excluding hydrogens is 362 g/mol. The Bertz CT molecular complexity index is 1250. The van der Waals surface area contributed by atoms with E-state index in [-0.39, 0.29) is 5.91 Å². The number of aryl methyl sites for hydroxylation is 1. The van der Waals surface area contributed by atoms with Gasteiger partial charge in [-0.05, 0) is 48.4 Å². The Morgan fingerprint density at radius 2 is 1.90 bits per heavy atom. The van der Waals surface area contributed by atoms with Crippen molar-refractivity contribution in [3.8, 4) is 17.2 Å². The first-order valence-corrected chi connectivity index (χ1v) is 9.16. The number of carbonyl (C=O) groups is 1. The molecule has 0 unspecified atom stereocenters. The number of fused-ring (bicyclic) bond motifs is 1. The highest BCUT2D eigenvalue weighted by atomic mass is 16.1. The summed E-state index contributed by atoms with van der Waals surface area (Å²) in [6.07, 6.45) is 5.21.